The second-order valence-corrected chi connectivity index (χ2v) is 5.07. The van der Waals surface area contributed by atoms with Crippen molar-refractivity contribution in [1.82, 2.24) is 5.32 Å². The first kappa shape index (κ1) is 16.4. The van der Waals surface area contributed by atoms with Crippen molar-refractivity contribution in [3.05, 3.63) is 32.9 Å². The number of nitrogens with one attached hydrogen (secondary N) is 1. The molecule has 0 radical (unpaired) electrons. The Balaban J connectivity index is 2.61. The van der Waals surface area contributed by atoms with E-state index in [9.17, 15) is 4.79 Å². The first-order valence-corrected chi connectivity index (χ1v) is 7.44. The van der Waals surface area contributed by atoms with Crippen LogP contribution in [0.4, 0.5) is 0 Å². The SMILES string of the molecule is CCOC(CNC(=O)c1cccc(C)c1I)OCC. The van der Waals surface area contributed by atoms with E-state index in [1.807, 2.05) is 39.0 Å². The molecule has 1 amide bonds. The van der Waals surface area contributed by atoms with Gasteiger partial charge in [0.15, 0.2) is 6.29 Å². The fourth-order valence-corrected chi connectivity index (χ4v) is 2.24. The lowest BCUT2D eigenvalue weighted by atomic mass is 10.1. The van der Waals surface area contributed by atoms with E-state index in [0.29, 0.717) is 25.3 Å². The van der Waals surface area contributed by atoms with Crippen LogP contribution in [-0.2, 0) is 9.47 Å². The smallest absolute Gasteiger partial charge is 0.252 e. The minimum absolute atomic E-state index is 0.0995. The average molecular weight is 377 g/mol. The largest absolute Gasteiger partial charge is 0.351 e. The summed E-state index contributed by atoms with van der Waals surface area (Å²) in [4.78, 5) is 12.1. The molecule has 0 saturated heterocycles. The molecule has 0 saturated carbocycles. The molecule has 0 aromatic heterocycles. The summed E-state index contributed by atoms with van der Waals surface area (Å²) in [5.41, 5.74) is 1.78. The molecule has 0 aliphatic carbocycles. The summed E-state index contributed by atoms with van der Waals surface area (Å²) in [5, 5.41) is 2.84. The maximum atomic E-state index is 12.1. The van der Waals surface area contributed by atoms with Gasteiger partial charge in [-0.1, -0.05) is 12.1 Å². The maximum absolute atomic E-state index is 12.1. The molecule has 5 heteroatoms. The van der Waals surface area contributed by atoms with E-state index in [-0.39, 0.29) is 12.2 Å². The van der Waals surface area contributed by atoms with Crippen molar-refractivity contribution in [2.45, 2.75) is 27.1 Å². The number of benzene rings is 1. The summed E-state index contributed by atoms with van der Waals surface area (Å²) in [7, 11) is 0. The predicted octanol–water partition coefficient (Wildman–Crippen LogP) is 2.73. The number of hydrogen-bond acceptors (Lipinski definition) is 3. The Morgan fingerprint density at radius 1 is 1.32 bits per heavy atom. The van der Waals surface area contributed by atoms with E-state index in [1.54, 1.807) is 0 Å². The van der Waals surface area contributed by atoms with Crippen LogP contribution in [0.15, 0.2) is 18.2 Å². The molecule has 0 aliphatic heterocycles. The van der Waals surface area contributed by atoms with Crippen LogP contribution in [0.5, 0.6) is 0 Å². The first-order chi connectivity index (χ1) is 9.10. The van der Waals surface area contributed by atoms with Gasteiger partial charge in [-0.25, -0.2) is 0 Å². The van der Waals surface area contributed by atoms with Gasteiger partial charge in [0.25, 0.3) is 5.91 Å². The van der Waals surface area contributed by atoms with Crippen molar-refractivity contribution in [3.8, 4) is 0 Å². The van der Waals surface area contributed by atoms with Crippen LogP contribution in [0.2, 0.25) is 0 Å². The summed E-state index contributed by atoms with van der Waals surface area (Å²) in [6, 6.07) is 5.69. The molecule has 0 aliphatic rings. The summed E-state index contributed by atoms with van der Waals surface area (Å²) < 4.78 is 11.7. The van der Waals surface area contributed by atoms with Crippen LogP contribution < -0.4 is 5.32 Å². The highest BCUT2D eigenvalue weighted by Crippen LogP contribution is 2.16. The number of hydrogen-bond donors (Lipinski definition) is 1. The van der Waals surface area contributed by atoms with Gasteiger partial charge in [-0.15, -0.1) is 0 Å². The lowest BCUT2D eigenvalue weighted by Crippen LogP contribution is -2.35. The zero-order valence-electron chi connectivity index (χ0n) is 11.5. The number of halogens is 1. The molecule has 1 aromatic rings. The third-order valence-corrected chi connectivity index (χ3v) is 4.00. The molecule has 4 nitrogen and oxygen atoms in total. The highest BCUT2D eigenvalue weighted by atomic mass is 127. The number of aryl methyl sites for hydroxylation is 1. The number of rotatable bonds is 7. The molecular formula is C14H20INO3. The van der Waals surface area contributed by atoms with Crippen LogP contribution in [-0.4, -0.2) is 32.0 Å². The molecule has 106 valence electrons. The molecule has 0 bridgehead atoms. The van der Waals surface area contributed by atoms with E-state index in [4.69, 9.17) is 9.47 Å². The van der Waals surface area contributed by atoms with E-state index in [1.165, 1.54) is 0 Å². The fraction of sp³-hybridized carbons (Fsp3) is 0.500. The molecule has 0 unspecified atom stereocenters. The molecule has 0 spiro atoms. The van der Waals surface area contributed by atoms with Gasteiger partial charge < -0.3 is 14.8 Å². The van der Waals surface area contributed by atoms with Crippen molar-refractivity contribution in [1.29, 1.82) is 0 Å². The van der Waals surface area contributed by atoms with Crippen molar-refractivity contribution in [3.63, 3.8) is 0 Å². The summed E-state index contributed by atoms with van der Waals surface area (Å²) >= 11 is 2.19. The third-order valence-electron chi connectivity index (χ3n) is 2.57. The van der Waals surface area contributed by atoms with Gasteiger partial charge >= 0.3 is 0 Å². The van der Waals surface area contributed by atoms with E-state index in [0.717, 1.165) is 9.13 Å². The Kier molecular flexibility index (Phi) is 7.33. The van der Waals surface area contributed by atoms with Crippen LogP contribution in [0.1, 0.15) is 29.8 Å². The molecule has 1 rings (SSSR count). The summed E-state index contributed by atoms with van der Waals surface area (Å²) in [6.07, 6.45) is -0.388. The van der Waals surface area contributed by atoms with E-state index < -0.39 is 0 Å². The second-order valence-electron chi connectivity index (χ2n) is 3.99. The van der Waals surface area contributed by atoms with Crippen LogP contribution >= 0.6 is 22.6 Å². The highest BCUT2D eigenvalue weighted by molar-refractivity contribution is 14.1. The van der Waals surface area contributed by atoms with Gasteiger partial charge in [0.2, 0.25) is 0 Å². The highest BCUT2D eigenvalue weighted by Gasteiger charge is 2.14. The average Bonchev–Trinajstić information content (AvgIpc) is 2.39. The number of carbonyl (C=O) groups is 1. The zero-order chi connectivity index (χ0) is 14.3. The first-order valence-electron chi connectivity index (χ1n) is 6.36. The summed E-state index contributed by atoms with van der Waals surface area (Å²) in [5.74, 6) is -0.0995. The van der Waals surface area contributed by atoms with Crippen LogP contribution in [0.25, 0.3) is 0 Å². The Bertz CT molecular complexity index is 417. The zero-order valence-corrected chi connectivity index (χ0v) is 13.7. The minimum atomic E-state index is -0.388. The number of amides is 1. The predicted molar refractivity (Wildman–Crippen MR) is 83.3 cm³/mol. The Hall–Kier alpha value is -0.660. The Morgan fingerprint density at radius 2 is 1.95 bits per heavy atom. The monoisotopic (exact) mass is 377 g/mol. The van der Waals surface area contributed by atoms with E-state index >= 15 is 0 Å². The Morgan fingerprint density at radius 3 is 2.53 bits per heavy atom. The van der Waals surface area contributed by atoms with Crippen molar-refractivity contribution in [2.24, 2.45) is 0 Å². The molecule has 0 fully saturated rings. The molecule has 1 aromatic carbocycles. The molecule has 1 N–H and O–H groups in total. The van der Waals surface area contributed by atoms with Crippen molar-refractivity contribution in [2.75, 3.05) is 19.8 Å². The number of ether oxygens (including phenoxy) is 2. The standard InChI is InChI=1S/C14H20INO3/c1-4-18-12(19-5-2)9-16-14(17)11-8-6-7-10(3)13(11)15/h6-8,12H,4-5,9H2,1-3H3,(H,16,17). The van der Waals surface area contributed by atoms with Gasteiger partial charge in [-0.05, 0) is 55.0 Å². The number of carbonyl (C=O) groups excluding carboxylic acids is 1. The molecular weight excluding hydrogens is 357 g/mol. The van der Waals surface area contributed by atoms with Gasteiger partial charge in [0.1, 0.15) is 0 Å². The molecule has 19 heavy (non-hydrogen) atoms. The third kappa shape index (κ3) is 5.08. The van der Waals surface area contributed by atoms with Crippen molar-refractivity contribution < 1.29 is 14.3 Å². The molecule has 0 atom stereocenters. The van der Waals surface area contributed by atoms with Crippen molar-refractivity contribution >= 4 is 28.5 Å². The Labute approximate surface area is 128 Å². The van der Waals surface area contributed by atoms with Gasteiger partial charge in [0.05, 0.1) is 12.1 Å². The second kappa shape index (κ2) is 8.50. The van der Waals surface area contributed by atoms with Crippen LogP contribution in [0, 0.1) is 10.5 Å². The van der Waals surface area contributed by atoms with Gasteiger partial charge in [-0.3, -0.25) is 4.79 Å². The fourth-order valence-electron chi connectivity index (χ4n) is 1.63. The summed E-state index contributed by atoms with van der Waals surface area (Å²) in [6.45, 7) is 7.26. The van der Waals surface area contributed by atoms with Crippen LogP contribution in [0.3, 0.4) is 0 Å². The topological polar surface area (TPSA) is 47.6 Å². The van der Waals surface area contributed by atoms with E-state index in [2.05, 4.69) is 27.9 Å². The lowest BCUT2D eigenvalue weighted by Gasteiger charge is -2.17. The normalized spacial score (nSPS) is 10.8. The molecule has 0 heterocycles. The minimum Gasteiger partial charge on any atom is -0.351 e. The lowest BCUT2D eigenvalue weighted by molar-refractivity contribution is -0.131. The van der Waals surface area contributed by atoms with Gasteiger partial charge in [-0.2, -0.15) is 0 Å². The van der Waals surface area contributed by atoms with Gasteiger partial charge in [0, 0.05) is 16.8 Å². The maximum Gasteiger partial charge on any atom is 0.252 e. The quantitative estimate of drug-likeness (QED) is 0.587.